The summed E-state index contributed by atoms with van der Waals surface area (Å²) in [6.07, 6.45) is 2.53. The van der Waals surface area contributed by atoms with E-state index in [2.05, 4.69) is 5.32 Å². The van der Waals surface area contributed by atoms with Crippen LogP contribution < -0.4 is 14.8 Å². The summed E-state index contributed by atoms with van der Waals surface area (Å²) in [6, 6.07) is 5.42. The van der Waals surface area contributed by atoms with Gasteiger partial charge in [0.15, 0.2) is 11.5 Å². The molecule has 0 atom stereocenters. The van der Waals surface area contributed by atoms with Gasteiger partial charge in [0.1, 0.15) is 0 Å². The summed E-state index contributed by atoms with van der Waals surface area (Å²) in [7, 11) is 0. The van der Waals surface area contributed by atoms with E-state index in [1.807, 2.05) is 19.9 Å². The van der Waals surface area contributed by atoms with Gasteiger partial charge >= 0.3 is 5.97 Å². The van der Waals surface area contributed by atoms with Crippen molar-refractivity contribution in [2.24, 2.45) is 0 Å². The van der Waals surface area contributed by atoms with Gasteiger partial charge in [0.2, 0.25) is 0 Å². The van der Waals surface area contributed by atoms with E-state index >= 15 is 0 Å². The van der Waals surface area contributed by atoms with Crippen molar-refractivity contribution in [3.05, 3.63) is 40.6 Å². The van der Waals surface area contributed by atoms with Gasteiger partial charge in [-0.25, -0.2) is 4.79 Å². The maximum Gasteiger partial charge on any atom is 0.340 e. The van der Waals surface area contributed by atoms with E-state index < -0.39 is 5.97 Å². The molecule has 1 heterocycles. The Morgan fingerprint density at radius 3 is 2.54 bits per heavy atom. The van der Waals surface area contributed by atoms with Gasteiger partial charge in [0.05, 0.1) is 31.0 Å². The van der Waals surface area contributed by atoms with Crippen molar-refractivity contribution in [1.29, 1.82) is 0 Å². The van der Waals surface area contributed by atoms with Gasteiger partial charge in [-0.05, 0) is 51.0 Å². The smallest absolute Gasteiger partial charge is 0.340 e. The van der Waals surface area contributed by atoms with Crippen molar-refractivity contribution in [2.75, 3.05) is 19.8 Å². The molecular weight excluding hydrogens is 334 g/mol. The number of amides is 1. The minimum Gasteiger partial charge on any atom is -0.490 e. The molecule has 0 aliphatic carbocycles. The van der Waals surface area contributed by atoms with E-state index in [0.29, 0.717) is 30.4 Å². The highest BCUT2D eigenvalue weighted by Gasteiger charge is 2.30. The Kier molecular flexibility index (Phi) is 6.83. The first-order chi connectivity index (χ1) is 12.5. The number of hydrogen-bond donors (Lipinski definition) is 1. The van der Waals surface area contributed by atoms with Crippen molar-refractivity contribution in [1.82, 2.24) is 5.32 Å². The predicted octanol–water partition coefficient (Wildman–Crippen LogP) is 3.22. The van der Waals surface area contributed by atoms with Crippen LogP contribution in [0.2, 0.25) is 0 Å². The summed E-state index contributed by atoms with van der Waals surface area (Å²) in [4.78, 5) is 24.4. The van der Waals surface area contributed by atoms with Crippen LogP contribution in [-0.2, 0) is 14.3 Å². The van der Waals surface area contributed by atoms with Crippen LogP contribution in [0, 0.1) is 0 Å². The number of allylic oxidation sites excluding steroid dienone is 1. The molecule has 0 fully saturated rings. The van der Waals surface area contributed by atoms with E-state index in [1.54, 1.807) is 32.1 Å². The summed E-state index contributed by atoms with van der Waals surface area (Å²) in [6.45, 7) is 8.67. The predicted molar refractivity (Wildman–Crippen MR) is 98.8 cm³/mol. The summed E-state index contributed by atoms with van der Waals surface area (Å²) in [5.74, 6) is 0.426. The minimum absolute atomic E-state index is 0.245. The van der Waals surface area contributed by atoms with Crippen LogP contribution in [0.15, 0.2) is 35.0 Å². The lowest BCUT2D eigenvalue weighted by Gasteiger charge is -2.12. The molecule has 0 saturated heterocycles. The van der Waals surface area contributed by atoms with Crippen LogP contribution in [0.1, 0.15) is 39.7 Å². The van der Waals surface area contributed by atoms with Crippen molar-refractivity contribution >= 4 is 18.0 Å². The van der Waals surface area contributed by atoms with Crippen molar-refractivity contribution in [3.63, 3.8) is 0 Å². The van der Waals surface area contributed by atoms with Crippen LogP contribution in [0.4, 0.5) is 0 Å². The Morgan fingerprint density at radius 1 is 1.12 bits per heavy atom. The van der Waals surface area contributed by atoms with E-state index in [1.165, 1.54) is 0 Å². The summed E-state index contributed by atoms with van der Waals surface area (Å²) in [5.41, 5.74) is 1.78. The fraction of sp³-hybridized carbons (Fsp3) is 0.400. The molecule has 0 bridgehead atoms. The molecule has 1 aliphatic rings. The molecule has 1 N–H and O–H groups in total. The van der Waals surface area contributed by atoms with E-state index in [0.717, 1.165) is 12.0 Å². The summed E-state index contributed by atoms with van der Waals surface area (Å²) >= 11 is 0. The number of ether oxygens (including phenoxy) is 3. The Hall–Kier alpha value is -2.76. The molecule has 0 saturated carbocycles. The third-order valence-electron chi connectivity index (χ3n) is 3.71. The van der Waals surface area contributed by atoms with E-state index in [4.69, 9.17) is 14.2 Å². The fourth-order valence-electron chi connectivity index (χ4n) is 2.60. The first-order valence-corrected chi connectivity index (χ1v) is 8.82. The molecule has 0 aromatic heterocycles. The van der Waals surface area contributed by atoms with E-state index in [9.17, 15) is 9.59 Å². The molecule has 6 nitrogen and oxygen atoms in total. The van der Waals surface area contributed by atoms with Crippen LogP contribution in [-0.4, -0.2) is 31.7 Å². The molecule has 140 valence electrons. The highest BCUT2D eigenvalue weighted by molar-refractivity contribution is 6.16. The molecule has 26 heavy (non-hydrogen) atoms. The Balaban J connectivity index is 2.40. The lowest BCUT2D eigenvalue weighted by molar-refractivity contribution is -0.138. The second-order valence-electron chi connectivity index (χ2n) is 5.72. The van der Waals surface area contributed by atoms with Crippen molar-refractivity contribution in [2.45, 2.75) is 34.1 Å². The Bertz CT molecular complexity index is 749. The van der Waals surface area contributed by atoms with Gasteiger partial charge in [-0.2, -0.15) is 0 Å². The molecule has 0 radical (unpaired) electrons. The maximum atomic E-state index is 12.2. The molecule has 6 heteroatoms. The number of esters is 1. The number of nitrogens with one attached hydrogen (secondary N) is 1. The summed E-state index contributed by atoms with van der Waals surface area (Å²) in [5, 5.41) is 2.67. The van der Waals surface area contributed by atoms with Crippen LogP contribution >= 0.6 is 0 Å². The largest absolute Gasteiger partial charge is 0.490 e. The Morgan fingerprint density at radius 2 is 1.88 bits per heavy atom. The van der Waals surface area contributed by atoms with Gasteiger partial charge in [-0.15, -0.1) is 0 Å². The van der Waals surface area contributed by atoms with Crippen LogP contribution in [0.3, 0.4) is 0 Å². The summed E-state index contributed by atoms with van der Waals surface area (Å²) < 4.78 is 16.4. The third kappa shape index (κ3) is 4.45. The number of carbonyl (C=O) groups is 2. The minimum atomic E-state index is -0.511. The average Bonchev–Trinajstić information content (AvgIpc) is 2.88. The highest BCUT2D eigenvalue weighted by atomic mass is 16.5. The number of rotatable bonds is 8. The zero-order valence-electron chi connectivity index (χ0n) is 15.7. The topological polar surface area (TPSA) is 73.9 Å². The monoisotopic (exact) mass is 359 g/mol. The molecule has 0 unspecified atom stereocenters. The molecule has 0 spiro atoms. The standard InChI is InChI=1S/C20H25NO5/c1-5-10-26-17-12-14(8-9-16(17)24-6-2)11-15-18(20(23)25-7-3)13(4)21-19(15)22/h8-9,11-12H,5-7,10H2,1-4H3,(H,21,22). The fourth-order valence-corrected chi connectivity index (χ4v) is 2.60. The lowest BCUT2D eigenvalue weighted by atomic mass is 10.0. The van der Waals surface area contributed by atoms with Gasteiger partial charge in [-0.1, -0.05) is 13.0 Å². The molecule has 2 rings (SSSR count). The second kappa shape index (κ2) is 9.08. The first kappa shape index (κ1) is 19.6. The number of hydrogen-bond acceptors (Lipinski definition) is 5. The zero-order chi connectivity index (χ0) is 19.1. The van der Waals surface area contributed by atoms with Gasteiger partial charge in [-0.3, -0.25) is 4.79 Å². The Labute approximate surface area is 153 Å². The normalized spacial score (nSPS) is 15.2. The molecular formula is C20H25NO5. The SMILES string of the molecule is CCCOc1cc(C=C2C(=O)NC(C)=C2C(=O)OCC)ccc1OCC. The third-order valence-corrected chi connectivity index (χ3v) is 3.71. The van der Waals surface area contributed by atoms with Gasteiger partial charge < -0.3 is 19.5 Å². The first-order valence-electron chi connectivity index (χ1n) is 8.82. The lowest BCUT2D eigenvalue weighted by Crippen LogP contribution is -2.15. The van der Waals surface area contributed by atoms with Crippen LogP contribution in [0.25, 0.3) is 6.08 Å². The maximum absolute atomic E-state index is 12.2. The molecule has 1 aromatic rings. The quantitative estimate of drug-likeness (QED) is 0.570. The van der Waals surface area contributed by atoms with Gasteiger partial charge in [0, 0.05) is 5.70 Å². The number of benzene rings is 1. The van der Waals surface area contributed by atoms with Crippen LogP contribution in [0.5, 0.6) is 11.5 Å². The van der Waals surface area contributed by atoms with Gasteiger partial charge in [0.25, 0.3) is 5.91 Å². The second-order valence-corrected chi connectivity index (χ2v) is 5.72. The van der Waals surface area contributed by atoms with E-state index in [-0.39, 0.29) is 23.7 Å². The molecule has 1 aromatic carbocycles. The zero-order valence-corrected chi connectivity index (χ0v) is 15.7. The molecule has 1 amide bonds. The number of carbonyl (C=O) groups excluding carboxylic acids is 2. The van der Waals surface area contributed by atoms with Crippen molar-refractivity contribution in [3.8, 4) is 11.5 Å². The molecule has 1 aliphatic heterocycles. The highest BCUT2D eigenvalue weighted by Crippen LogP contribution is 2.31. The average molecular weight is 359 g/mol. The van der Waals surface area contributed by atoms with Crippen molar-refractivity contribution < 1.29 is 23.8 Å².